The minimum absolute atomic E-state index is 0.186. The molecule has 21 heavy (non-hydrogen) atoms. The maximum absolute atomic E-state index is 12.0. The van der Waals surface area contributed by atoms with Crippen LogP contribution in [-0.4, -0.2) is 22.6 Å². The Kier molecular flexibility index (Phi) is 3.37. The Labute approximate surface area is 124 Å². The molecular weight excluding hydrogens is 288 g/mol. The second-order valence-electron chi connectivity index (χ2n) is 4.30. The molecule has 0 bridgehead atoms. The fourth-order valence-corrected chi connectivity index (χ4v) is 2.64. The monoisotopic (exact) mass is 298 g/mol. The summed E-state index contributed by atoms with van der Waals surface area (Å²) in [6.45, 7) is 0. The van der Waals surface area contributed by atoms with Gasteiger partial charge in [-0.25, -0.2) is 0 Å². The van der Waals surface area contributed by atoms with Gasteiger partial charge in [0.1, 0.15) is 0 Å². The Hall–Kier alpha value is -2.73. The van der Waals surface area contributed by atoms with Crippen molar-refractivity contribution in [3.05, 3.63) is 70.1 Å². The van der Waals surface area contributed by atoms with Crippen molar-refractivity contribution in [2.45, 2.75) is 0 Å². The molecule has 0 unspecified atom stereocenters. The van der Waals surface area contributed by atoms with Gasteiger partial charge in [-0.15, -0.1) is 11.3 Å². The van der Waals surface area contributed by atoms with Crippen molar-refractivity contribution in [1.29, 1.82) is 0 Å². The minimum atomic E-state index is -0.427. The van der Waals surface area contributed by atoms with Crippen LogP contribution >= 0.6 is 11.3 Å². The summed E-state index contributed by atoms with van der Waals surface area (Å²) in [7, 11) is 0. The molecule has 104 valence electrons. The number of nitrogens with zero attached hydrogens (tertiary/aromatic N) is 1. The van der Waals surface area contributed by atoms with E-state index in [2.05, 4.69) is 5.43 Å². The minimum Gasteiger partial charge on any atom is -0.295 e. The van der Waals surface area contributed by atoms with E-state index in [1.807, 2.05) is 0 Å². The number of hydrazine groups is 1. The van der Waals surface area contributed by atoms with Crippen LogP contribution in [0.15, 0.2) is 54.1 Å². The third-order valence-corrected chi connectivity index (χ3v) is 3.88. The Morgan fingerprint density at radius 1 is 1.05 bits per heavy atom. The number of rotatable bonds is 4. The molecule has 1 aromatic heterocycles. The molecule has 0 saturated carbocycles. The molecule has 2 aromatic rings. The quantitative estimate of drug-likeness (QED) is 0.534. The molecule has 0 atom stereocenters. The van der Waals surface area contributed by atoms with E-state index in [1.165, 1.54) is 23.6 Å². The van der Waals surface area contributed by atoms with E-state index in [9.17, 15) is 14.4 Å². The molecular formula is C15H10N2O3S. The maximum atomic E-state index is 12.0. The van der Waals surface area contributed by atoms with Gasteiger partial charge in [-0.1, -0.05) is 18.2 Å². The van der Waals surface area contributed by atoms with Crippen LogP contribution in [0.2, 0.25) is 0 Å². The van der Waals surface area contributed by atoms with Crippen molar-refractivity contribution in [1.82, 2.24) is 10.4 Å². The fourth-order valence-electron chi connectivity index (χ4n) is 1.99. The lowest BCUT2D eigenvalue weighted by molar-refractivity contribution is 0.0598. The summed E-state index contributed by atoms with van der Waals surface area (Å²) >= 11 is 1.33. The van der Waals surface area contributed by atoms with Gasteiger partial charge in [-0.3, -0.25) is 19.8 Å². The molecule has 3 rings (SSSR count). The zero-order valence-electron chi connectivity index (χ0n) is 10.8. The number of imide groups is 1. The molecule has 1 N–H and O–H groups in total. The summed E-state index contributed by atoms with van der Waals surface area (Å²) in [4.78, 5) is 36.4. The number of fused-ring (bicyclic) bond motifs is 1. The van der Waals surface area contributed by atoms with Crippen LogP contribution in [0.25, 0.3) is 0 Å². The maximum Gasteiger partial charge on any atom is 0.280 e. The number of ketones is 1. The molecule has 2 heterocycles. The van der Waals surface area contributed by atoms with Crippen LogP contribution in [0.3, 0.4) is 0 Å². The number of hydrogen-bond donors (Lipinski definition) is 1. The van der Waals surface area contributed by atoms with Crippen molar-refractivity contribution in [3.8, 4) is 0 Å². The summed E-state index contributed by atoms with van der Waals surface area (Å²) in [5.74, 6) is -1.04. The smallest absolute Gasteiger partial charge is 0.280 e. The number of carbonyl (C=O) groups is 3. The zero-order chi connectivity index (χ0) is 14.8. The van der Waals surface area contributed by atoms with Crippen LogP contribution in [0.4, 0.5) is 0 Å². The number of nitrogens with one attached hydrogen (secondary N) is 1. The van der Waals surface area contributed by atoms with Gasteiger partial charge < -0.3 is 0 Å². The van der Waals surface area contributed by atoms with Gasteiger partial charge in [0.2, 0.25) is 0 Å². The van der Waals surface area contributed by atoms with Crippen molar-refractivity contribution in [2.24, 2.45) is 0 Å². The molecule has 2 amide bonds. The van der Waals surface area contributed by atoms with Gasteiger partial charge >= 0.3 is 0 Å². The average molecular weight is 298 g/mol. The average Bonchev–Trinajstić information content (AvgIpc) is 3.11. The molecule has 6 heteroatoms. The van der Waals surface area contributed by atoms with Crippen LogP contribution < -0.4 is 5.43 Å². The SMILES string of the molecule is O=C(C=CNN1C(=O)c2ccccc2C1=O)c1cccs1. The molecule has 0 radical (unpaired) electrons. The summed E-state index contributed by atoms with van der Waals surface area (Å²) in [5, 5.41) is 2.70. The van der Waals surface area contributed by atoms with Gasteiger partial charge in [0.15, 0.2) is 5.78 Å². The molecule has 0 aliphatic carbocycles. The molecule has 5 nitrogen and oxygen atoms in total. The molecule has 0 saturated heterocycles. The first-order valence-electron chi connectivity index (χ1n) is 6.17. The Bertz CT molecular complexity index is 715. The van der Waals surface area contributed by atoms with Crippen molar-refractivity contribution in [3.63, 3.8) is 0 Å². The molecule has 0 spiro atoms. The highest BCUT2D eigenvalue weighted by Gasteiger charge is 2.34. The summed E-state index contributed by atoms with van der Waals surface area (Å²) in [6.07, 6.45) is 2.58. The Morgan fingerprint density at radius 2 is 1.71 bits per heavy atom. The lowest BCUT2D eigenvalue weighted by atomic mass is 10.1. The standard InChI is InChI=1S/C15H10N2O3S/c18-12(13-6-3-9-21-13)7-8-16-17-14(19)10-4-1-2-5-11(10)15(17)20/h1-9,16H. The number of amides is 2. The first kappa shape index (κ1) is 13.3. The number of benzene rings is 1. The van der Waals surface area contributed by atoms with Crippen LogP contribution in [0.5, 0.6) is 0 Å². The third kappa shape index (κ3) is 2.36. The fraction of sp³-hybridized carbons (Fsp3) is 0. The van der Waals surface area contributed by atoms with Crippen LogP contribution in [0.1, 0.15) is 30.4 Å². The Balaban J connectivity index is 1.71. The van der Waals surface area contributed by atoms with Crippen molar-refractivity contribution >= 4 is 28.9 Å². The van der Waals surface area contributed by atoms with E-state index in [0.717, 1.165) is 5.01 Å². The van der Waals surface area contributed by atoms with E-state index in [0.29, 0.717) is 16.0 Å². The van der Waals surface area contributed by atoms with Gasteiger partial charge in [-0.2, -0.15) is 5.01 Å². The van der Waals surface area contributed by atoms with E-state index in [4.69, 9.17) is 0 Å². The van der Waals surface area contributed by atoms with Gasteiger partial charge in [0.05, 0.1) is 16.0 Å². The third-order valence-electron chi connectivity index (χ3n) is 3.00. The normalized spacial score (nSPS) is 13.8. The lowest BCUT2D eigenvalue weighted by Crippen LogP contribution is -2.39. The topological polar surface area (TPSA) is 66.5 Å². The van der Waals surface area contributed by atoms with E-state index in [1.54, 1.807) is 41.8 Å². The summed E-state index contributed by atoms with van der Waals surface area (Å²) < 4.78 is 0. The van der Waals surface area contributed by atoms with Crippen molar-refractivity contribution < 1.29 is 14.4 Å². The highest BCUT2D eigenvalue weighted by molar-refractivity contribution is 7.12. The van der Waals surface area contributed by atoms with Gasteiger partial charge in [-0.05, 0) is 23.6 Å². The summed E-state index contributed by atoms with van der Waals surface area (Å²) in [6, 6.07) is 10.1. The van der Waals surface area contributed by atoms with Crippen molar-refractivity contribution in [2.75, 3.05) is 0 Å². The van der Waals surface area contributed by atoms with Gasteiger partial charge in [0, 0.05) is 12.3 Å². The number of thiophene rings is 1. The first-order valence-corrected chi connectivity index (χ1v) is 7.05. The van der Waals surface area contributed by atoms with Crippen LogP contribution in [0, 0.1) is 0 Å². The predicted molar refractivity (Wildman–Crippen MR) is 77.9 cm³/mol. The van der Waals surface area contributed by atoms with Crippen LogP contribution in [-0.2, 0) is 0 Å². The number of allylic oxidation sites excluding steroid dienone is 1. The highest BCUT2D eigenvalue weighted by Crippen LogP contribution is 2.20. The number of carbonyl (C=O) groups excluding carboxylic acids is 3. The Morgan fingerprint density at radius 3 is 2.29 bits per heavy atom. The second kappa shape index (κ2) is 5.34. The van der Waals surface area contributed by atoms with E-state index in [-0.39, 0.29) is 5.78 Å². The lowest BCUT2D eigenvalue weighted by Gasteiger charge is -2.12. The molecule has 1 aromatic carbocycles. The molecule has 1 aliphatic heterocycles. The second-order valence-corrected chi connectivity index (χ2v) is 5.24. The van der Waals surface area contributed by atoms with E-state index < -0.39 is 11.8 Å². The zero-order valence-corrected chi connectivity index (χ0v) is 11.6. The summed E-state index contributed by atoms with van der Waals surface area (Å²) in [5.41, 5.74) is 3.27. The molecule has 0 fully saturated rings. The number of hydrogen-bond acceptors (Lipinski definition) is 5. The first-order chi connectivity index (χ1) is 10.2. The highest BCUT2D eigenvalue weighted by atomic mass is 32.1. The predicted octanol–water partition coefficient (Wildman–Crippen LogP) is 2.25. The largest absolute Gasteiger partial charge is 0.295 e. The van der Waals surface area contributed by atoms with Gasteiger partial charge in [0.25, 0.3) is 11.8 Å². The van der Waals surface area contributed by atoms with E-state index >= 15 is 0 Å². The molecule has 1 aliphatic rings.